The Hall–Kier alpha value is -2.66. The van der Waals surface area contributed by atoms with Crippen molar-refractivity contribution in [1.82, 2.24) is 4.90 Å². The quantitative estimate of drug-likeness (QED) is 0.915. The molecule has 0 aliphatic carbocycles. The van der Waals surface area contributed by atoms with E-state index in [-0.39, 0.29) is 11.5 Å². The average molecular weight is 337 g/mol. The minimum Gasteiger partial charge on any atom is -0.478 e. The summed E-state index contributed by atoms with van der Waals surface area (Å²) >= 11 is 0. The number of carbonyl (C=O) groups excluding carboxylic acids is 1. The highest BCUT2D eigenvalue weighted by Gasteiger charge is 2.33. The van der Waals surface area contributed by atoms with Gasteiger partial charge in [-0.1, -0.05) is 36.4 Å². The first-order valence-electron chi connectivity index (χ1n) is 8.47. The molecule has 2 aliphatic heterocycles. The van der Waals surface area contributed by atoms with Crippen molar-refractivity contribution in [2.24, 2.45) is 0 Å². The standard InChI is InChI=1S/C20H19NO4/c22-19(18-15-6-2-1-4-14(15)9-11-25-18)21-10-8-13-5-3-7-16(20(23)24)17(13)12-21/h1-7,18H,8-12H2,(H,23,24). The highest BCUT2D eigenvalue weighted by Crippen LogP contribution is 2.31. The summed E-state index contributed by atoms with van der Waals surface area (Å²) in [4.78, 5) is 26.3. The van der Waals surface area contributed by atoms with Gasteiger partial charge in [-0.15, -0.1) is 0 Å². The number of rotatable bonds is 2. The second kappa shape index (κ2) is 6.33. The van der Waals surface area contributed by atoms with Crippen LogP contribution in [0.3, 0.4) is 0 Å². The van der Waals surface area contributed by atoms with E-state index in [1.165, 1.54) is 0 Å². The van der Waals surface area contributed by atoms with E-state index in [0.717, 1.165) is 28.7 Å². The van der Waals surface area contributed by atoms with Crippen LogP contribution in [0.5, 0.6) is 0 Å². The summed E-state index contributed by atoms with van der Waals surface area (Å²) in [6.07, 6.45) is 0.881. The summed E-state index contributed by atoms with van der Waals surface area (Å²) in [5.41, 5.74) is 4.10. The van der Waals surface area contributed by atoms with Crippen LogP contribution in [-0.4, -0.2) is 35.0 Å². The maximum absolute atomic E-state index is 13.1. The predicted octanol–water partition coefficient (Wildman–Crippen LogP) is 2.58. The van der Waals surface area contributed by atoms with E-state index in [1.54, 1.807) is 17.0 Å². The van der Waals surface area contributed by atoms with Crippen LogP contribution < -0.4 is 0 Å². The van der Waals surface area contributed by atoms with E-state index < -0.39 is 12.1 Å². The van der Waals surface area contributed by atoms with Gasteiger partial charge in [0.1, 0.15) is 0 Å². The molecule has 1 N–H and O–H groups in total. The number of fused-ring (bicyclic) bond motifs is 2. The second-order valence-electron chi connectivity index (χ2n) is 6.46. The number of ether oxygens (including phenoxy) is 1. The first-order chi connectivity index (χ1) is 12.1. The molecule has 128 valence electrons. The maximum Gasteiger partial charge on any atom is 0.336 e. The van der Waals surface area contributed by atoms with Crippen LogP contribution in [0.1, 0.15) is 38.7 Å². The number of carboxylic acid groups (broad SMARTS) is 1. The van der Waals surface area contributed by atoms with Crippen molar-refractivity contribution in [3.05, 3.63) is 70.3 Å². The Morgan fingerprint density at radius 3 is 2.68 bits per heavy atom. The third-order valence-corrected chi connectivity index (χ3v) is 5.03. The fourth-order valence-corrected chi connectivity index (χ4v) is 3.73. The van der Waals surface area contributed by atoms with Gasteiger partial charge in [0.05, 0.1) is 12.2 Å². The second-order valence-corrected chi connectivity index (χ2v) is 6.46. The fraction of sp³-hybridized carbons (Fsp3) is 0.300. The van der Waals surface area contributed by atoms with Crippen LogP contribution >= 0.6 is 0 Å². The lowest BCUT2D eigenvalue weighted by Crippen LogP contribution is -2.41. The van der Waals surface area contributed by atoms with E-state index in [2.05, 4.69) is 0 Å². The normalized spacial score (nSPS) is 19.0. The molecule has 4 rings (SSSR count). The van der Waals surface area contributed by atoms with E-state index in [9.17, 15) is 14.7 Å². The van der Waals surface area contributed by atoms with Crippen molar-refractivity contribution in [2.75, 3.05) is 13.2 Å². The maximum atomic E-state index is 13.1. The zero-order chi connectivity index (χ0) is 17.4. The van der Waals surface area contributed by atoms with Gasteiger partial charge in [0.2, 0.25) is 0 Å². The predicted molar refractivity (Wildman–Crippen MR) is 91.4 cm³/mol. The van der Waals surface area contributed by atoms with Crippen molar-refractivity contribution >= 4 is 11.9 Å². The molecule has 0 bridgehead atoms. The summed E-state index contributed by atoms with van der Waals surface area (Å²) in [6, 6.07) is 13.2. The van der Waals surface area contributed by atoms with Crippen molar-refractivity contribution in [1.29, 1.82) is 0 Å². The van der Waals surface area contributed by atoms with Crippen LogP contribution in [0.2, 0.25) is 0 Å². The molecule has 2 aliphatic rings. The summed E-state index contributed by atoms with van der Waals surface area (Å²) in [7, 11) is 0. The smallest absolute Gasteiger partial charge is 0.336 e. The van der Waals surface area contributed by atoms with E-state index in [1.807, 2.05) is 30.3 Å². The van der Waals surface area contributed by atoms with Gasteiger partial charge in [-0.3, -0.25) is 4.79 Å². The molecule has 0 radical (unpaired) electrons. The SMILES string of the molecule is O=C(O)c1cccc2c1CN(C(=O)C1OCCc3ccccc31)CC2. The monoisotopic (exact) mass is 337 g/mol. The third kappa shape index (κ3) is 2.81. The Morgan fingerprint density at radius 1 is 1.04 bits per heavy atom. The van der Waals surface area contributed by atoms with Gasteiger partial charge in [0.15, 0.2) is 6.10 Å². The van der Waals surface area contributed by atoms with Crippen molar-refractivity contribution in [3.8, 4) is 0 Å². The van der Waals surface area contributed by atoms with Crippen molar-refractivity contribution < 1.29 is 19.4 Å². The summed E-state index contributed by atoms with van der Waals surface area (Å²) in [5, 5.41) is 9.42. The zero-order valence-electron chi connectivity index (χ0n) is 13.8. The van der Waals surface area contributed by atoms with Crippen LogP contribution in [0.25, 0.3) is 0 Å². The summed E-state index contributed by atoms with van der Waals surface area (Å²) in [6.45, 7) is 1.42. The highest BCUT2D eigenvalue weighted by molar-refractivity contribution is 5.90. The summed E-state index contributed by atoms with van der Waals surface area (Å²) < 4.78 is 5.78. The van der Waals surface area contributed by atoms with Gasteiger partial charge < -0.3 is 14.7 Å². The number of amides is 1. The lowest BCUT2D eigenvalue weighted by molar-refractivity contribution is -0.146. The Labute approximate surface area is 145 Å². The minimum absolute atomic E-state index is 0.0852. The molecule has 1 unspecified atom stereocenters. The van der Waals surface area contributed by atoms with Gasteiger partial charge in [0, 0.05) is 13.1 Å². The lowest BCUT2D eigenvalue weighted by atomic mass is 9.93. The average Bonchev–Trinajstić information content (AvgIpc) is 2.66. The largest absolute Gasteiger partial charge is 0.478 e. The Bertz CT molecular complexity index is 845. The number of benzene rings is 2. The molecule has 0 saturated heterocycles. The van der Waals surface area contributed by atoms with Crippen molar-refractivity contribution in [3.63, 3.8) is 0 Å². The first-order valence-corrected chi connectivity index (χ1v) is 8.47. The number of carbonyl (C=O) groups is 2. The number of carboxylic acids is 1. The molecule has 0 saturated carbocycles. The minimum atomic E-state index is -0.953. The van der Waals surface area contributed by atoms with E-state index in [0.29, 0.717) is 26.1 Å². The molecule has 5 nitrogen and oxygen atoms in total. The molecule has 0 spiro atoms. The molecule has 0 aromatic heterocycles. The van der Waals surface area contributed by atoms with Gasteiger partial charge in [0.25, 0.3) is 5.91 Å². The molecular formula is C20H19NO4. The summed E-state index contributed by atoms with van der Waals surface area (Å²) in [5.74, 6) is -1.04. The number of hydrogen-bond acceptors (Lipinski definition) is 3. The van der Waals surface area contributed by atoms with E-state index in [4.69, 9.17) is 4.74 Å². The molecule has 1 amide bonds. The topological polar surface area (TPSA) is 66.8 Å². The molecule has 2 aromatic rings. The van der Waals surface area contributed by atoms with Crippen LogP contribution in [0.15, 0.2) is 42.5 Å². The molecule has 5 heteroatoms. The van der Waals surface area contributed by atoms with Gasteiger partial charge >= 0.3 is 5.97 Å². The van der Waals surface area contributed by atoms with Crippen LogP contribution in [0, 0.1) is 0 Å². The van der Waals surface area contributed by atoms with Gasteiger partial charge in [-0.2, -0.15) is 0 Å². The first kappa shape index (κ1) is 15.8. The Balaban J connectivity index is 1.62. The zero-order valence-corrected chi connectivity index (χ0v) is 13.8. The molecule has 25 heavy (non-hydrogen) atoms. The van der Waals surface area contributed by atoms with Crippen molar-refractivity contribution in [2.45, 2.75) is 25.5 Å². The molecule has 2 aromatic carbocycles. The highest BCUT2D eigenvalue weighted by atomic mass is 16.5. The fourth-order valence-electron chi connectivity index (χ4n) is 3.73. The van der Waals surface area contributed by atoms with Gasteiger partial charge in [-0.05, 0) is 41.2 Å². The Kier molecular flexibility index (Phi) is 4.01. The lowest BCUT2D eigenvalue weighted by Gasteiger charge is -2.34. The molecule has 0 fully saturated rings. The Morgan fingerprint density at radius 2 is 1.84 bits per heavy atom. The number of nitrogens with zero attached hydrogens (tertiary/aromatic N) is 1. The van der Waals surface area contributed by atoms with Crippen LogP contribution in [0.4, 0.5) is 0 Å². The number of hydrogen-bond donors (Lipinski definition) is 1. The molecule has 1 atom stereocenters. The third-order valence-electron chi connectivity index (χ3n) is 5.03. The number of aromatic carboxylic acids is 1. The van der Waals surface area contributed by atoms with Crippen LogP contribution in [-0.2, 0) is 28.9 Å². The van der Waals surface area contributed by atoms with E-state index >= 15 is 0 Å². The molecule has 2 heterocycles. The van der Waals surface area contributed by atoms with Gasteiger partial charge in [-0.25, -0.2) is 4.79 Å². The molecular weight excluding hydrogens is 318 g/mol.